The first kappa shape index (κ1) is 18.9. The molecule has 0 aliphatic rings. The standard InChI is InChI=1S/C16H22N6O2S/c1-4-9-17-15(24)18-14(23)10-25-16-19-20-21-22(16)13-7-5-12(6-8-13)11(2)3/h5-8,11H,4,9-10H2,1-3H3,(H2,17,18,23,24). The quantitative estimate of drug-likeness (QED) is 0.732. The molecule has 0 fully saturated rings. The average Bonchev–Trinajstić information content (AvgIpc) is 3.06. The lowest BCUT2D eigenvalue weighted by Gasteiger charge is -2.08. The van der Waals surface area contributed by atoms with Gasteiger partial charge < -0.3 is 5.32 Å². The van der Waals surface area contributed by atoms with Crippen molar-refractivity contribution in [3.63, 3.8) is 0 Å². The summed E-state index contributed by atoms with van der Waals surface area (Å²) >= 11 is 1.17. The number of nitrogens with one attached hydrogen (secondary N) is 2. The lowest BCUT2D eigenvalue weighted by molar-refractivity contribution is -0.117. The lowest BCUT2D eigenvalue weighted by Crippen LogP contribution is -2.40. The third kappa shape index (κ3) is 5.56. The summed E-state index contributed by atoms with van der Waals surface area (Å²) in [5.41, 5.74) is 2.04. The minimum Gasteiger partial charge on any atom is -0.338 e. The summed E-state index contributed by atoms with van der Waals surface area (Å²) in [4.78, 5) is 23.3. The van der Waals surface area contributed by atoms with Crippen LogP contribution < -0.4 is 10.6 Å². The summed E-state index contributed by atoms with van der Waals surface area (Å²) in [6, 6.07) is 7.44. The fraction of sp³-hybridized carbons (Fsp3) is 0.438. The van der Waals surface area contributed by atoms with E-state index in [2.05, 4.69) is 40.0 Å². The lowest BCUT2D eigenvalue weighted by atomic mass is 10.0. The fourth-order valence-corrected chi connectivity index (χ4v) is 2.70. The Morgan fingerprint density at radius 2 is 1.96 bits per heavy atom. The normalized spacial score (nSPS) is 10.7. The molecule has 2 N–H and O–H groups in total. The SMILES string of the molecule is CCCNC(=O)NC(=O)CSc1nnnn1-c1ccc(C(C)C)cc1. The van der Waals surface area contributed by atoms with Crippen LogP contribution >= 0.6 is 11.8 Å². The summed E-state index contributed by atoms with van der Waals surface area (Å²) in [6.07, 6.45) is 0.806. The molecule has 3 amide bonds. The van der Waals surface area contributed by atoms with Gasteiger partial charge in [0.1, 0.15) is 0 Å². The van der Waals surface area contributed by atoms with E-state index in [4.69, 9.17) is 0 Å². The van der Waals surface area contributed by atoms with Gasteiger partial charge in [-0.1, -0.05) is 44.7 Å². The van der Waals surface area contributed by atoms with E-state index in [0.717, 1.165) is 12.1 Å². The molecule has 8 nitrogen and oxygen atoms in total. The summed E-state index contributed by atoms with van der Waals surface area (Å²) in [5, 5.41) is 16.9. The molecule has 9 heteroatoms. The Bertz CT molecular complexity index is 714. The van der Waals surface area contributed by atoms with E-state index in [0.29, 0.717) is 17.6 Å². The summed E-state index contributed by atoms with van der Waals surface area (Å²) in [5.74, 6) is 0.0897. The Morgan fingerprint density at radius 3 is 2.60 bits per heavy atom. The van der Waals surface area contributed by atoms with Crippen molar-refractivity contribution < 1.29 is 9.59 Å². The van der Waals surface area contributed by atoms with Crippen molar-refractivity contribution in [2.24, 2.45) is 0 Å². The highest BCUT2D eigenvalue weighted by molar-refractivity contribution is 7.99. The first-order valence-corrected chi connectivity index (χ1v) is 9.09. The third-order valence-corrected chi connectivity index (χ3v) is 4.29. The molecule has 0 aliphatic heterocycles. The van der Waals surface area contributed by atoms with Crippen LogP contribution in [0.5, 0.6) is 0 Å². The third-order valence-electron chi connectivity index (χ3n) is 3.37. The monoisotopic (exact) mass is 362 g/mol. The number of thioether (sulfide) groups is 1. The van der Waals surface area contributed by atoms with Gasteiger partial charge >= 0.3 is 6.03 Å². The average molecular weight is 362 g/mol. The zero-order chi connectivity index (χ0) is 18.2. The van der Waals surface area contributed by atoms with Gasteiger partial charge in [-0.2, -0.15) is 4.68 Å². The fourth-order valence-electron chi connectivity index (χ4n) is 2.01. The second-order valence-electron chi connectivity index (χ2n) is 5.71. The molecular weight excluding hydrogens is 340 g/mol. The molecule has 0 bridgehead atoms. The van der Waals surface area contributed by atoms with Gasteiger partial charge in [0, 0.05) is 6.54 Å². The minimum absolute atomic E-state index is 0.0456. The Kier molecular flexibility index (Phi) is 6.93. The number of amides is 3. The second-order valence-corrected chi connectivity index (χ2v) is 6.65. The second kappa shape index (κ2) is 9.16. The molecule has 1 aromatic heterocycles. The zero-order valence-electron chi connectivity index (χ0n) is 14.5. The molecule has 0 spiro atoms. The minimum atomic E-state index is -0.490. The number of rotatable bonds is 7. The van der Waals surface area contributed by atoms with Crippen LogP contribution in [0.2, 0.25) is 0 Å². The number of tetrazole rings is 1. The Balaban J connectivity index is 1.95. The summed E-state index contributed by atoms with van der Waals surface area (Å²) in [6.45, 7) is 6.72. The predicted molar refractivity (Wildman–Crippen MR) is 95.8 cm³/mol. The van der Waals surface area contributed by atoms with E-state index in [-0.39, 0.29) is 5.75 Å². The van der Waals surface area contributed by atoms with Gasteiger partial charge in [0.05, 0.1) is 11.4 Å². The first-order valence-electron chi connectivity index (χ1n) is 8.10. The molecule has 0 radical (unpaired) electrons. The molecule has 0 atom stereocenters. The molecule has 0 saturated carbocycles. The van der Waals surface area contributed by atoms with E-state index < -0.39 is 11.9 Å². The van der Waals surface area contributed by atoms with Gasteiger partial charge in [0.2, 0.25) is 11.1 Å². The van der Waals surface area contributed by atoms with E-state index >= 15 is 0 Å². The van der Waals surface area contributed by atoms with Crippen molar-refractivity contribution in [1.29, 1.82) is 0 Å². The maximum atomic E-state index is 11.8. The molecule has 1 aromatic carbocycles. The van der Waals surface area contributed by atoms with Crippen LogP contribution in [0.1, 0.15) is 38.7 Å². The number of hydrogen-bond donors (Lipinski definition) is 2. The molecule has 0 aliphatic carbocycles. The number of hydrogen-bond acceptors (Lipinski definition) is 6. The highest BCUT2D eigenvalue weighted by atomic mass is 32.2. The largest absolute Gasteiger partial charge is 0.338 e. The first-order chi connectivity index (χ1) is 12.0. The number of benzene rings is 1. The molecule has 2 rings (SSSR count). The zero-order valence-corrected chi connectivity index (χ0v) is 15.3. The van der Waals surface area contributed by atoms with Gasteiger partial charge in [-0.05, 0) is 40.5 Å². The molecule has 2 aromatic rings. The van der Waals surface area contributed by atoms with Crippen molar-refractivity contribution in [2.45, 2.75) is 38.3 Å². The molecule has 25 heavy (non-hydrogen) atoms. The molecule has 0 unspecified atom stereocenters. The predicted octanol–water partition coefficient (Wildman–Crippen LogP) is 2.11. The maximum absolute atomic E-state index is 11.8. The Labute approximate surface area is 150 Å². The van der Waals surface area contributed by atoms with Crippen LogP contribution in [0.15, 0.2) is 29.4 Å². The highest BCUT2D eigenvalue weighted by Crippen LogP contribution is 2.20. The van der Waals surface area contributed by atoms with Crippen molar-refractivity contribution in [1.82, 2.24) is 30.8 Å². The van der Waals surface area contributed by atoms with E-state index in [1.54, 1.807) is 4.68 Å². The summed E-state index contributed by atoms with van der Waals surface area (Å²) < 4.78 is 1.57. The van der Waals surface area contributed by atoms with Crippen LogP contribution in [-0.4, -0.2) is 44.4 Å². The molecular formula is C16H22N6O2S. The van der Waals surface area contributed by atoms with Crippen molar-refractivity contribution in [2.75, 3.05) is 12.3 Å². The Hall–Kier alpha value is -2.42. The van der Waals surface area contributed by atoms with Gasteiger partial charge in [0.25, 0.3) is 0 Å². The van der Waals surface area contributed by atoms with Gasteiger partial charge in [0.15, 0.2) is 0 Å². The van der Waals surface area contributed by atoms with Crippen molar-refractivity contribution in [3.05, 3.63) is 29.8 Å². The molecule has 1 heterocycles. The number of urea groups is 1. The number of aromatic nitrogens is 4. The topological polar surface area (TPSA) is 102 Å². The van der Waals surface area contributed by atoms with E-state index in [1.165, 1.54) is 17.3 Å². The molecule has 0 saturated heterocycles. The van der Waals surface area contributed by atoms with Crippen molar-refractivity contribution >= 4 is 23.7 Å². The van der Waals surface area contributed by atoms with Gasteiger partial charge in [-0.15, -0.1) is 5.10 Å². The number of carbonyl (C=O) groups excluding carboxylic acids is 2. The van der Waals surface area contributed by atoms with Crippen LogP contribution in [0.4, 0.5) is 4.79 Å². The number of nitrogens with zero attached hydrogens (tertiary/aromatic N) is 4. The smallest absolute Gasteiger partial charge is 0.321 e. The van der Waals surface area contributed by atoms with Gasteiger partial charge in [-0.25, -0.2) is 4.79 Å². The van der Waals surface area contributed by atoms with Crippen LogP contribution in [0.3, 0.4) is 0 Å². The number of carbonyl (C=O) groups is 2. The van der Waals surface area contributed by atoms with Crippen LogP contribution in [0, 0.1) is 0 Å². The van der Waals surface area contributed by atoms with Crippen LogP contribution in [-0.2, 0) is 4.79 Å². The number of imide groups is 1. The van der Waals surface area contributed by atoms with Crippen LogP contribution in [0.25, 0.3) is 5.69 Å². The highest BCUT2D eigenvalue weighted by Gasteiger charge is 2.13. The van der Waals surface area contributed by atoms with E-state index in [1.807, 2.05) is 31.2 Å². The molecule has 134 valence electrons. The summed E-state index contributed by atoms with van der Waals surface area (Å²) in [7, 11) is 0. The van der Waals surface area contributed by atoms with Crippen molar-refractivity contribution in [3.8, 4) is 5.69 Å². The maximum Gasteiger partial charge on any atom is 0.321 e. The van der Waals surface area contributed by atoms with Gasteiger partial charge in [-0.3, -0.25) is 10.1 Å². The van der Waals surface area contributed by atoms with E-state index in [9.17, 15) is 9.59 Å². The Morgan fingerprint density at radius 1 is 1.24 bits per heavy atom.